The van der Waals surface area contributed by atoms with Gasteiger partial charge in [0.1, 0.15) is 11.5 Å². The zero-order chi connectivity index (χ0) is 47.2. The number of nitrogens with zero attached hydrogens (tertiary/aromatic N) is 6. The van der Waals surface area contributed by atoms with Crippen LogP contribution >= 0.6 is 35.1 Å². The van der Waals surface area contributed by atoms with Crippen LogP contribution in [-0.2, 0) is 17.8 Å². The van der Waals surface area contributed by atoms with Crippen molar-refractivity contribution in [2.45, 2.75) is 105 Å². The minimum atomic E-state index is -0.526. The Labute approximate surface area is 405 Å². The molecule has 66 heavy (non-hydrogen) atoms. The number of rotatable bonds is 17. The number of methoxy groups -OCH3 is 2. The SMILES string of the molecule is COc1cc(C)c(CN=C(N)N2CCC[C@H](CC(N)C(=O)c3nccs3)C2)c(C)c1C.COc1cc(C)c(CN=C(N)N2CCC[C@H](CC(NCB=O)C(=O)c3nccs3)C2)c(C)c1C.Cl. The minimum Gasteiger partial charge on any atom is -0.147 e. The van der Waals surface area contributed by atoms with Crippen LogP contribution in [0.5, 0.6) is 11.5 Å². The molecular formula is C47H68BClN10O5S2. The van der Waals surface area contributed by atoms with E-state index >= 15 is 0 Å². The first-order valence-electron chi connectivity index (χ1n) is 22.3. The van der Waals surface area contributed by atoms with Crippen molar-refractivity contribution in [3.05, 3.63) is 89.8 Å². The Morgan fingerprint density at radius 3 is 1.65 bits per heavy atom. The van der Waals surface area contributed by atoms with Gasteiger partial charge in [0, 0.05) is 24.7 Å². The van der Waals surface area contributed by atoms with Crippen LogP contribution in [0.25, 0.3) is 0 Å². The Balaban J connectivity index is 0.000000285. The summed E-state index contributed by atoms with van der Waals surface area (Å²) in [6.07, 6.45) is 8.71. The fourth-order valence-corrected chi connectivity index (χ4v) is 10.1. The van der Waals surface area contributed by atoms with Gasteiger partial charge in [-0.15, -0.1) is 23.7 Å². The van der Waals surface area contributed by atoms with E-state index in [0.29, 0.717) is 53.8 Å². The number of hydrogen-bond donors (Lipinski definition) is 4. The quantitative estimate of drug-likeness (QED) is 0.0387. The first-order chi connectivity index (χ1) is 31.2. The van der Waals surface area contributed by atoms with Crippen LogP contribution in [-0.4, -0.2) is 109 Å². The summed E-state index contributed by atoms with van der Waals surface area (Å²) in [5.41, 5.74) is 28.2. The molecule has 4 aromatic rings. The molecule has 15 nitrogen and oxygen atoms in total. The van der Waals surface area contributed by atoms with Crippen molar-refractivity contribution >= 4 is 65.7 Å². The third kappa shape index (κ3) is 14.1. The molecule has 4 atom stereocenters. The van der Waals surface area contributed by atoms with E-state index in [2.05, 4.69) is 72.7 Å². The van der Waals surface area contributed by atoms with E-state index in [-0.39, 0.29) is 36.3 Å². The molecule has 0 bridgehead atoms. The molecule has 2 aliphatic rings. The van der Waals surface area contributed by atoms with E-state index in [1.165, 1.54) is 44.9 Å². The number of nitrogens with two attached hydrogens (primary N) is 3. The Kier molecular flexibility index (Phi) is 21.2. The number of nitrogens with one attached hydrogen (secondary N) is 1. The van der Waals surface area contributed by atoms with Gasteiger partial charge in [0.25, 0.3) is 0 Å². The van der Waals surface area contributed by atoms with Crippen LogP contribution in [0.1, 0.15) is 103 Å². The number of guanidine groups is 2. The van der Waals surface area contributed by atoms with Crippen LogP contribution in [0.4, 0.5) is 0 Å². The predicted molar refractivity (Wildman–Crippen MR) is 269 cm³/mol. The van der Waals surface area contributed by atoms with E-state index in [4.69, 9.17) is 36.7 Å². The summed E-state index contributed by atoms with van der Waals surface area (Å²) in [6, 6.07) is 3.14. The average molecular weight is 964 g/mol. The van der Waals surface area contributed by atoms with Gasteiger partial charge in [0.2, 0.25) is 5.78 Å². The third-order valence-corrected chi connectivity index (χ3v) is 14.5. The van der Waals surface area contributed by atoms with Gasteiger partial charge in [0.15, 0.2) is 11.0 Å². The first-order valence-corrected chi connectivity index (χ1v) is 24.1. The number of hydrogen-bond acceptors (Lipinski definition) is 13. The van der Waals surface area contributed by atoms with E-state index in [1.54, 1.807) is 37.4 Å². The molecule has 0 aliphatic carbocycles. The normalized spacial score (nSPS) is 17.5. The molecule has 2 aromatic carbocycles. The van der Waals surface area contributed by atoms with Gasteiger partial charge in [-0.1, -0.05) is 0 Å². The van der Waals surface area contributed by atoms with Gasteiger partial charge in [-0.3, -0.25) is 4.79 Å². The van der Waals surface area contributed by atoms with Crippen molar-refractivity contribution in [2.24, 2.45) is 39.0 Å². The van der Waals surface area contributed by atoms with Crippen molar-refractivity contribution in [3.8, 4) is 11.5 Å². The van der Waals surface area contributed by atoms with Crippen LogP contribution in [0, 0.1) is 53.4 Å². The number of halogens is 1. The van der Waals surface area contributed by atoms with E-state index in [1.807, 2.05) is 6.07 Å². The Bertz CT molecular complexity index is 2300. The second kappa shape index (κ2) is 26.0. The molecule has 4 heterocycles. The molecule has 2 unspecified atom stereocenters. The number of aryl methyl sites for hydroxylation is 2. The summed E-state index contributed by atoms with van der Waals surface area (Å²) in [4.78, 5) is 47.2. The number of thiazole rings is 2. The average Bonchev–Trinajstić information content (AvgIpc) is 4.06. The molecule has 358 valence electrons. The van der Waals surface area contributed by atoms with Crippen LogP contribution in [0.3, 0.4) is 0 Å². The van der Waals surface area contributed by atoms with Crippen molar-refractivity contribution in [1.29, 1.82) is 0 Å². The topological polar surface area (TPSA) is 217 Å². The van der Waals surface area contributed by atoms with Gasteiger partial charge in [0.05, 0.1) is 26.8 Å². The number of piperidine rings is 2. The van der Waals surface area contributed by atoms with Gasteiger partial charge >= 0.3 is 156 Å². The molecule has 2 fully saturated rings. The zero-order valence-electron chi connectivity index (χ0n) is 39.7. The van der Waals surface area contributed by atoms with Crippen LogP contribution < -0.4 is 32.0 Å². The molecule has 0 spiro atoms. The number of Topliss-reactive ketones (excluding diaryl/α,β-unsaturated/α-hetero) is 2. The van der Waals surface area contributed by atoms with Crippen molar-refractivity contribution in [2.75, 3.05) is 46.8 Å². The summed E-state index contributed by atoms with van der Waals surface area (Å²) < 4.78 is 21.8. The number of ketones is 2. The number of aromatic nitrogens is 2. The standard InChI is InChI=1S/C24H34BN5O3S.C23H33N5O2S.ClH/c1-15-10-21(33-4)17(3)16(2)19(15)12-28-24(26)30-8-5-6-18(13-30)11-20(29-14-25-32)22(31)23-27-7-9-34-23;1-14-10-20(30-4)16(3)15(2)18(14)12-27-23(25)28-8-5-6-17(13-28)11-19(24)21(29)22-26-7-9-31-22;/h7,9-10,18,20,29H,5-6,8,11-14H2,1-4H3,(H2,26,28);7,9-10,17,19H,5-6,8,11-13,24H2,1-4H3,(H2,25,27);1H/t18-,20?;17-,19?;/m11./s1. The Morgan fingerprint density at radius 2 is 1.23 bits per heavy atom. The second-order valence-electron chi connectivity index (χ2n) is 17.1. The summed E-state index contributed by atoms with van der Waals surface area (Å²) in [5.74, 6) is 3.32. The van der Waals surface area contributed by atoms with Crippen LogP contribution in [0.2, 0.25) is 0 Å². The van der Waals surface area contributed by atoms with Gasteiger partial charge in [-0.25, -0.2) is 9.98 Å². The van der Waals surface area contributed by atoms with Crippen LogP contribution in [0.15, 0.2) is 45.3 Å². The maximum absolute atomic E-state index is 12.9. The maximum atomic E-state index is 12.9. The molecule has 2 aromatic heterocycles. The number of ether oxygens (including phenoxy) is 2. The summed E-state index contributed by atoms with van der Waals surface area (Å²) in [5, 5.41) is 7.63. The Hall–Kier alpha value is -4.75. The fraction of sp³-hybridized carbons (Fsp3) is 0.532. The summed E-state index contributed by atoms with van der Waals surface area (Å²) in [6.45, 7) is 16.7. The Morgan fingerprint density at radius 1 is 0.773 bits per heavy atom. The minimum absolute atomic E-state index is 0. The van der Waals surface area contributed by atoms with Gasteiger partial charge in [-0.2, -0.15) is 0 Å². The molecule has 2 saturated heterocycles. The van der Waals surface area contributed by atoms with Crippen molar-refractivity contribution in [1.82, 2.24) is 25.1 Å². The fourth-order valence-electron chi connectivity index (χ4n) is 8.83. The van der Waals surface area contributed by atoms with E-state index < -0.39 is 12.1 Å². The predicted octanol–water partition coefficient (Wildman–Crippen LogP) is 6.47. The third-order valence-electron chi connectivity index (χ3n) is 12.9. The van der Waals surface area contributed by atoms with E-state index in [0.717, 1.165) is 92.8 Å². The summed E-state index contributed by atoms with van der Waals surface area (Å²) >= 11 is 2.66. The smallest absolute Gasteiger partial charge is 0.147 e. The molecule has 6 rings (SSSR count). The second-order valence-corrected chi connectivity index (χ2v) is 18.9. The monoisotopic (exact) mass is 962 g/mol. The molecule has 0 radical (unpaired) electrons. The molecule has 0 saturated carbocycles. The number of carbonyl (C=O) groups is 2. The van der Waals surface area contributed by atoms with E-state index in [9.17, 15) is 14.3 Å². The molecule has 19 heteroatoms. The van der Waals surface area contributed by atoms with Crippen molar-refractivity contribution < 1.29 is 23.8 Å². The molecule has 2 aliphatic heterocycles. The zero-order valence-corrected chi connectivity index (χ0v) is 42.2. The molecular weight excluding hydrogens is 895 g/mol. The number of likely N-dealkylation sites (tertiary alicyclic amines) is 2. The number of aliphatic imine (C=N–C) groups is 2. The number of benzene rings is 2. The number of carbonyl (C=O) groups excluding carboxylic acids is 2. The molecule has 0 amide bonds. The first kappa shape index (κ1) is 53.9. The van der Waals surface area contributed by atoms with Gasteiger partial charge < -0.3 is 25.8 Å². The summed E-state index contributed by atoms with van der Waals surface area (Å²) in [7, 11) is 4.17. The van der Waals surface area contributed by atoms with Crippen molar-refractivity contribution in [3.63, 3.8) is 0 Å². The van der Waals surface area contributed by atoms with Gasteiger partial charge in [-0.05, 0) is 107 Å². The molecule has 7 N–H and O–H groups in total.